The van der Waals surface area contributed by atoms with E-state index in [1.807, 2.05) is 18.2 Å². The van der Waals surface area contributed by atoms with Gasteiger partial charge in [0.1, 0.15) is 0 Å². The van der Waals surface area contributed by atoms with Gasteiger partial charge in [-0.05, 0) is 50.9 Å². The average molecular weight is 297 g/mol. The molecule has 0 bridgehead atoms. The van der Waals surface area contributed by atoms with Crippen molar-refractivity contribution in [2.75, 3.05) is 19.7 Å². The van der Waals surface area contributed by atoms with Crippen molar-refractivity contribution in [2.24, 2.45) is 0 Å². The largest absolute Gasteiger partial charge is 0.396 e. The molecule has 2 N–H and O–H groups in total. The number of hydrogen-bond acceptors (Lipinski definition) is 3. The Bertz CT molecular complexity index is 405. The molecule has 0 amide bonds. The van der Waals surface area contributed by atoms with Crippen molar-refractivity contribution < 1.29 is 5.11 Å². The van der Waals surface area contributed by atoms with Gasteiger partial charge in [-0.1, -0.05) is 29.8 Å². The molecule has 1 saturated heterocycles. The highest BCUT2D eigenvalue weighted by molar-refractivity contribution is 6.31. The number of rotatable bonds is 6. The summed E-state index contributed by atoms with van der Waals surface area (Å²) in [6.45, 7) is 5.56. The van der Waals surface area contributed by atoms with Crippen LogP contribution in [0.4, 0.5) is 0 Å². The van der Waals surface area contributed by atoms with Crippen LogP contribution in [0.25, 0.3) is 0 Å². The summed E-state index contributed by atoms with van der Waals surface area (Å²) in [6.07, 6.45) is 3.17. The second-order valence-corrected chi connectivity index (χ2v) is 6.13. The molecular formula is C16H25ClN2O. The van der Waals surface area contributed by atoms with Crippen LogP contribution in [-0.2, 0) is 6.54 Å². The van der Waals surface area contributed by atoms with Gasteiger partial charge in [0.05, 0.1) is 0 Å². The fourth-order valence-corrected chi connectivity index (χ4v) is 3.00. The molecule has 0 unspecified atom stereocenters. The van der Waals surface area contributed by atoms with Gasteiger partial charge in [0.2, 0.25) is 0 Å². The number of aliphatic hydroxyl groups excluding tert-OH is 1. The lowest BCUT2D eigenvalue weighted by atomic mass is 10.0. The Morgan fingerprint density at radius 2 is 2.05 bits per heavy atom. The minimum atomic E-state index is 0.263. The maximum absolute atomic E-state index is 8.94. The number of halogens is 1. The fourth-order valence-electron chi connectivity index (χ4n) is 2.80. The van der Waals surface area contributed by atoms with Crippen molar-refractivity contribution in [2.45, 2.75) is 44.8 Å². The topological polar surface area (TPSA) is 35.5 Å². The lowest BCUT2D eigenvalue weighted by Crippen LogP contribution is -2.45. The Kier molecular flexibility index (Phi) is 6.30. The van der Waals surface area contributed by atoms with E-state index in [4.69, 9.17) is 16.7 Å². The quantitative estimate of drug-likeness (QED) is 0.847. The first-order valence-electron chi connectivity index (χ1n) is 7.51. The van der Waals surface area contributed by atoms with Crippen LogP contribution < -0.4 is 5.32 Å². The highest BCUT2D eigenvalue weighted by Crippen LogP contribution is 2.20. The van der Waals surface area contributed by atoms with Crippen molar-refractivity contribution in [1.29, 1.82) is 0 Å². The molecule has 0 aromatic heterocycles. The van der Waals surface area contributed by atoms with Crippen molar-refractivity contribution in [3.63, 3.8) is 0 Å². The lowest BCUT2D eigenvalue weighted by molar-refractivity contribution is 0.179. The molecule has 4 heteroatoms. The third-order valence-electron chi connectivity index (χ3n) is 4.02. The van der Waals surface area contributed by atoms with Crippen LogP contribution in [-0.4, -0.2) is 41.8 Å². The van der Waals surface area contributed by atoms with E-state index in [-0.39, 0.29) is 6.61 Å². The third-order valence-corrected chi connectivity index (χ3v) is 4.39. The Morgan fingerprint density at radius 1 is 1.35 bits per heavy atom. The van der Waals surface area contributed by atoms with Gasteiger partial charge in [0, 0.05) is 30.3 Å². The van der Waals surface area contributed by atoms with Gasteiger partial charge in [-0.2, -0.15) is 0 Å². The predicted molar refractivity (Wildman–Crippen MR) is 84.1 cm³/mol. The normalized spacial score (nSPS) is 19.1. The molecule has 1 fully saturated rings. The van der Waals surface area contributed by atoms with Crippen molar-refractivity contribution >= 4 is 11.6 Å². The van der Waals surface area contributed by atoms with Gasteiger partial charge >= 0.3 is 0 Å². The highest BCUT2D eigenvalue weighted by Gasteiger charge is 2.20. The van der Waals surface area contributed by atoms with Gasteiger partial charge < -0.3 is 10.4 Å². The van der Waals surface area contributed by atoms with Crippen LogP contribution >= 0.6 is 11.6 Å². The molecule has 1 aliphatic heterocycles. The minimum absolute atomic E-state index is 0.263. The lowest BCUT2D eigenvalue weighted by Gasteiger charge is -2.34. The van der Waals surface area contributed by atoms with E-state index in [2.05, 4.69) is 23.2 Å². The molecule has 2 rings (SSSR count). The number of aliphatic hydroxyl groups is 1. The van der Waals surface area contributed by atoms with Crippen LogP contribution in [0.1, 0.15) is 31.7 Å². The van der Waals surface area contributed by atoms with E-state index in [1.54, 1.807) is 0 Å². The Balaban J connectivity index is 1.76. The summed E-state index contributed by atoms with van der Waals surface area (Å²) in [6, 6.07) is 9.08. The molecular weight excluding hydrogens is 272 g/mol. The number of piperidine rings is 1. The van der Waals surface area contributed by atoms with E-state index in [9.17, 15) is 0 Å². The molecule has 1 atom stereocenters. The number of nitrogens with zero attached hydrogens (tertiary/aromatic N) is 1. The molecule has 0 aliphatic carbocycles. The highest BCUT2D eigenvalue weighted by atomic mass is 35.5. The smallest absolute Gasteiger partial charge is 0.0451 e. The molecule has 3 nitrogen and oxygen atoms in total. The summed E-state index contributed by atoms with van der Waals surface area (Å²) in [5, 5.41) is 13.4. The first-order chi connectivity index (χ1) is 9.69. The molecule has 1 aliphatic rings. The maximum atomic E-state index is 8.94. The number of likely N-dealkylation sites (tertiary alicyclic amines) is 1. The first-order valence-corrected chi connectivity index (χ1v) is 7.89. The molecule has 112 valence electrons. The predicted octanol–water partition coefficient (Wildman–Crippen LogP) is 2.66. The number of benzene rings is 1. The summed E-state index contributed by atoms with van der Waals surface area (Å²) in [5.74, 6) is 0. The van der Waals surface area contributed by atoms with Crippen LogP contribution in [0.15, 0.2) is 24.3 Å². The summed E-state index contributed by atoms with van der Waals surface area (Å²) in [4.78, 5) is 2.47. The molecule has 1 heterocycles. The second-order valence-electron chi connectivity index (χ2n) is 5.72. The van der Waals surface area contributed by atoms with E-state index in [0.29, 0.717) is 12.1 Å². The van der Waals surface area contributed by atoms with Crippen LogP contribution in [0, 0.1) is 0 Å². The Labute approximate surface area is 126 Å². The molecule has 0 saturated carbocycles. The summed E-state index contributed by atoms with van der Waals surface area (Å²) < 4.78 is 0. The van der Waals surface area contributed by atoms with E-state index in [1.165, 1.54) is 18.4 Å². The summed E-state index contributed by atoms with van der Waals surface area (Å²) in [7, 11) is 0. The molecule has 20 heavy (non-hydrogen) atoms. The fraction of sp³-hybridized carbons (Fsp3) is 0.625. The van der Waals surface area contributed by atoms with E-state index < -0.39 is 0 Å². The van der Waals surface area contributed by atoms with Crippen molar-refractivity contribution in [3.05, 3.63) is 34.9 Å². The monoisotopic (exact) mass is 296 g/mol. The molecule has 0 radical (unpaired) electrons. The van der Waals surface area contributed by atoms with Crippen LogP contribution in [0.3, 0.4) is 0 Å². The van der Waals surface area contributed by atoms with E-state index >= 15 is 0 Å². The summed E-state index contributed by atoms with van der Waals surface area (Å²) >= 11 is 6.21. The zero-order valence-electron chi connectivity index (χ0n) is 12.2. The number of nitrogens with one attached hydrogen (secondary N) is 1. The van der Waals surface area contributed by atoms with E-state index in [0.717, 1.165) is 31.1 Å². The van der Waals surface area contributed by atoms with Gasteiger partial charge in [-0.25, -0.2) is 0 Å². The van der Waals surface area contributed by atoms with Gasteiger partial charge in [-0.3, -0.25) is 4.90 Å². The van der Waals surface area contributed by atoms with Gasteiger partial charge in [-0.15, -0.1) is 0 Å². The third kappa shape index (κ3) is 4.74. The second kappa shape index (κ2) is 7.99. The number of hydrogen-bond donors (Lipinski definition) is 2. The Hall–Kier alpha value is -0.610. The zero-order valence-corrected chi connectivity index (χ0v) is 12.9. The van der Waals surface area contributed by atoms with Crippen molar-refractivity contribution in [3.8, 4) is 0 Å². The summed E-state index contributed by atoms with van der Waals surface area (Å²) in [5.41, 5.74) is 1.22. The Morgan fingerprint density at radius 3 is 2.70 bits per heavy atom. The zero-order chi connectivity index (χ0) is 14.4. The molecule has 1 aromatic rings. The van der Waals surface area contributed by atoms with Gasteiger partial charge in [0.25, 0.3) is 0 Å². The molecule has 0 spiro atoms. The van der Waals surface area contributed by atoms with Crippen molar-refractivity contribution in [1.82, 2.24) is 10.2 Å². The standard InChI is InChI=1S/C16H25ClN2O/c1-13(8-11-20)18-15-6-9-19(10-7-15)12-14-4-2-3-5-16(14)17/h2-5,13,15,18,20H,6-12H2,1H3/t13-/m1/s1. The van der Waals surface area contributed by atoms with Crippen LogP contribution in [0.5, 0.6) is 0 Å². The maximum Gasteiger partial charge on any atom is 0.0451 e. The van der Waals surface area contributed by atoms with Crippen LogP contribution in [0.2, 0.25) is 5.02 Å². The molecule has 1 aromatic carbocycles. The minimum Gasteiger partial charge on any atom is -0.396 e. The average Bonchev–Trinajstić information content (AvgIpc) is 2.44. The first kappa shape index (κ1) is 15.8. The SMILES string of the molecule is C[C@H](CCO)NC1CCN(Cc2ccccc2Cl)CC1. The van der Waals surface area contributed by atoms with Gasteiger partial charge in [0.15, 0.2) is 0 Å².